The van der Waals surface area contributed by atoms with E-state index in [1.165, 1.54) is 0 Å². The van der Waals surface area contributed by atoms with Crippen LogP contribution in [0.3, 0.4) is 0 Å². The van der Waals surface area contributed by atoms with Gasteiger partial charge in [-0.2, -0.15) is 5.10 Å². The molecule has 40 heavy (non-hydrogen) atoms. The van der Waals surface area contributed by atoms with Gasteiger partial charge in [-0.1, -0.05) is 18.5 Å². The first kappa shape index (κ1) is 28.9. The third-order valence-electron chi connectivity index (χ3n) is 6.62. The van der Waals surface area contributed by atoms with Gasteiger partial charge in [-0.15, -0.1) is 10.2 Å². The Bertz CT molecular complexity index is 1540. The number of carbonyl (C=O) groups excluding carboxylic acids is 3. The van der Waals surface area contributed by atoms with Crippen molar-refractivity contribution in [1.82, 2.24) is 29.4 Å². The zero-order chi connectivity index (χ0) is 29.0. The molecule has 3 heterocycles. The van der Waals surface area contributed by atoms with Crippen LogP contribution in [0.1, 0.15) is 52.6 Å². The standard InChI is InChI=1S/C28H33ClN8O3/c1-5-7-24(38)21-15-31-37(18(21)2)26-11-10-25(32-33-26)36(13-6-12-34(3)4)27(39)17-35-16-22(28(30)40)20-14-19(29)8-9-23(20)35/h8-11,14-16H,5-7,12-13,17H2,1-4H3,(H2,30,40). The van der Waals surface area contributed by atoms with Gasteiger partial charge >= 0.3 is 0 Å². The number of halogens is 1. The fourth-order valence-corrected chi connectivity index (χ4v) is 4.76. The third-order valence-corrected chi connectivity index (χ3v) is 6.85. The summed E-state index contributed by atoms with van der Waals surface area (Å²) in [6, 6.07) is 8.56. The summed E-state index contributed by atoms with van der Waals surface area (Å²) < 4.78 is 3.26. The number of fused-ring (bicyclic) bond motifs is 1. The monoisotopic (exact) mass is 564 g/mol. The molecule has 0 bridgehead atoms. The van der Waals surface area contributed by atoms with Gasteiger partial charge in [-0.3, -0.25) is 19.3 Å². The predicted molar refractivity (Wildman–Crippen MR) is 154 cm³/mol. The van der Waals surface area contributed by atoms with Crippen molar-refractivity contribution in [2.24, 2.45) is 5.73 Å². The van der Waals surface area contributed by atoms with Crippen molar-refractivity contribution >= 4 is 45.9 Å². The second-order valence-corrected chi connectivity index (χ2v) is 10.3. The van der Waals surface area contributed by atoms with E-state index in [0.717, 1.165) is 13.0 Å². The SMILES string of the molecule is CCCC(=O)c1cnn(-c2ccc(N(CCCN(C)C)C(=O)Cn3cc(C(N)=O)c4cc(Cl)ccc43)nn2)c1C. The average molecular weight is 565 g/mol. The number of primary amides is 1. The van der Waals surface area contributed by atoms with Crippen LogP contribution in [0.25, 0.3) is 16.7 Å². The van der Waals surface area contributed by atoms with E-state index in [0.29, 0.717) is 63.8 Å². The van der Waals surface area contributed by atoms with E-state index in [4.69, 9.17) is 17.3 Å². The van der Waals surface area contributed by atoms with E-state index < -0.39 is 5.91 Å². The van der Waals surface area contributed by atoms with Crippen LogP contribution >= 0.6 is 11.6 Å². The molecule has 2 amide bonds. The molecule has 0 aliphatic rings. The lowest BCUT2D eigenvalue weighted by Crippen LogP contribution is -2.36. The van der Waals surface area contributed by atoms with Crippen LogP contribution in [-0.2, 0) is 11.3 Å². The minimum Gasteiger partial charge on any atom is -0.366 e. The zero-order valence-corrected chi connectivity index (χ0v) is 23.9. The molecule has 0 atom stereocenters. The number of nitrogens with zero attached hydrogens (tertiary/aromatic N) is 7. The Hall–Kier alpha value is -4.09. The van der Waals surface area contributed by atoms with Crippen LogP contribution in [0.2, 0.25) is 5.02 Å². The summed E-state index contributed by atoms with van der Waals surface area (Å²) in [5.41, 5.74) is 7.79. The minimum absolute atomic E-state index is 0.0350. The number of aromatic nitrogens is 5. The molecule has 4 aromatic rings. The average Bonchev–Trinajstić information content (AvgIpc) is 3.47. The largest absolute Gasteiger partial charge is 0.366 e. The van der Waals surface area contributed by atoms with Gasteiger partial charge in [0.2, 0.25) is 5.91 Å². The molecule has 0 saturated carbocycles. The summed E-state index contributed by atoms with van der Waals surface area (Å²) in [4.78, 5) is 41.7. The first-order chi connectivity index (χ1) is 19.1. The number of amides is 2. The van der Waals surface area contributed by atoms with Gasteiger partial charge in [0, 0.05) is 35.1 Å². The normalized spacial score (nSPS) is 11.3. The molecule has 2 N–H and O–H groups in total. The highest BCUT2D eigenvalue weighted by Crippen LogP contribution is 2.25. The summed E-state index contributed by atoms with van der Waals surface area (Å²) in [6.45, 7) is 4.91. The van der Waals surface area contributed by atoms with E-state index in [1.807, 2.05) is 32.8 Å². The van der Waals surface area contributed by atoms with E-state index >= 15 is 0 Å². The summed E-state index contributed by atoms with van der Waals surface area (Å²) in [5, 5.41) is 14.1. The van der Waals surface area contributed by atoms with Gasteiger partial charge in [0.25, 0.3) is 5.91 Å². The second-order valence-electron chi connectivity index (χ2n) is 9.88. The fraction of sp³-hybridized carbons (Fsp3) is 0.357. The molecule has 4 rings (SSSR count). The first-order valence-electron chi connectivity index (χ1n) is 13.1. The Morgan fingerprint density at radius 2 is 1.82 bits per heavy atom. The lowest BCUT2D eigenvalue weighted by Gasteiger charge is -2.23. The van der Waals surface area contributed by atoms with Crippen LogP contribution in [0, 0.1) is 6.92 Å². The quantitative estimate of drug-likeness (QED) is 0.260. The number of Topliss-reactive ketones (excluding diaryl/α,β-unsaturated/α-hetero) is 1. The minimum atomic E-state index is -0.601. The second kappa shape index (κ2) is 12.4. The van der Waals surface area contributed by atoms with Crippen molar-refractivity contribution in [2.75, 3.05) is 32.1 Å². The zero-order valence-electron chi connectivity index (χ0n) is 23.1. The summed E-state index contributed by atoms with van der Waals surface area (Å²) >= 11 is 6.14. The van der Waals surface area contributed by atoms with Crippen molar-refractivity contribution in [2.45, 2.75) is 39.7 Å². The summed E-state index contributed by atoms with van der Waals surface area (Å²) in [6.07, 6.45) is 5.04. The van der Waals surface area contributed by atoms with E-state index in [2.05, 4.69) is 15.3 Å². The van der Waals surface area contributed by atoms with Crippen LogP contribution < -0.4 is 10.6 Å². The number of nitrogens with two attached hydrogens (primary N) is 1. The number of hydrogen-bond donors (Lipinski definition) is 1. The molecule has 1 aromatic carbocycles. The Morgan fingerprint density at radius 3 is 2.48 bits per heavy atom. The molecule has 210 valence electrons. The van der Waals surface area contributed by atoms with Gasteiger partial charge in [0.15, 0.2) is 17.4 Å². The van der Waals surface area contributed by atoms with Crippen LogP contribution in [-0.4, -0.2) is 74.2 Å². The van der Waals surface area contributed by atoms with Crippen molar-refractivity contribution in [3.63, 3.8) is 0 Å². The van der Waals surface area contributed by atoms with Gasteiger partial charge in [-0.25, -0.2) is 4.68 Å². The highest BCUT2D eigenvalue weighted by atomic mass is 35.5. The Morgan fingerprint density at radius 1 is 1.05 bits per heavy atom. The first-order valence-corrected chi connectivity index (χ1v) is 13.4. The smallest absolute Gasteiger partial charge is 0.250 e. The molecule has 0 unspecified atom stereocenters. The Balaban J connectivity index is 1.62. The summed E-state index contributed by atoms with van der Waals surface area (Å²) in [5.74, 6) is 0.0292. The molecule has 0 aliphatic heterocycles. The van der Waals surface area contributed by atoms with Gasteiger partial charge in [0.1, 0.15) is 6.54 Å². The number of benzene rings is 1. The molecule has 0 radical (unpaired) electrons. The van der Waals surface area contributed by atoms with E-state index in [-0.39, 0.29) is 18.2 Å². The maximum atomic E-state index is 13.7. The molecular formula is C28H33ClN8O3. The molecule has 0 fully saturated rings. The van der Waals surface area contributed by atoms with Gasteiger partial charge in [0.05, 0.1) is 23.0 Å². The van der Waals surface area contributed by atoms with Crippen molar-refractivity contribution in [1.29, 1.82) is 0 Å². The topological polar surface area (TPSA) is 132 Å². The number of rotatable bonds is 12. The van der Waals surface area contributed by atoms with Gasteiger partial charge < -0.3 is 15.2 Å². The van der Waals surface area contributed by atoms with Gasteiger partial charge in [-0.05, 0) is 70.7 Å². The Kier molecular flexibility index (Phi) is 8.96. The van der Waals surface area contributed by atoms with Crippen LogP contribution in [0.15, 0.2) is 42.7 Å². The maximum Gasteiger partial charge on any atom is 0.250 e. The van der Waals surface area contributed by atoms with E-state index in [9.17, 15) is 14.4 Å². The Labute approximate surface area is 237 Å². The van der Waals surface area contributed by atoms with E-state index in [1.54, 1.807) is 56.9 Å². The molecule has 12 heteroatoms. The highest BCUT2D eigenvalue weighted by molar-refractivity contribution is 6.31. The summed E-state index contributed by atoms with van der Waals surface area (Å²) in [7, 11) is 3.93. The maximum absolute atomic E-state index is 13.7. The number of ketones is 1. The molecule has 0 aliphatic carbocycles. The number of carbonyl (C=O) groups is 3. The predicted octanol–water partition coefficient (Wildman–Crippen LogP) is 3.65. The number of hydrogen-bond acceptors (Lipinski definition) is 7. The molecule has 3 aromatic heterocycles. The molecule has 11 nitrogen and oxygen atoms in total. The van der Waals surface area contributed by atoms with Crippen LogP contribution in [0.4, 0.5) is 5.82 Å². The third kappa shape index (κ3) is 6.21. The van der Waals surface area contributed by atoms with Crippen molar-refractivity contribution < 1.29 is 14.4 Å². The molecular weight excluding hydrogens is 532 g/mol. The number of anilines is 1. The van der Waals surface area contributed by atoms with Crippen LogP contribution in [0.5, 0.6) is 0 Å². The highest BCUT2D eigenvalue weighted by Gasteiger charge is 2.22. The lowest BCUT2D eigenvalue weighted by atomic mass is 10.1. The molecule has 0 spiro atoms. The lowest BCUT2D eigenvalue weighted by molar-refractivity contribution is -0.119. The molecule has 0 saturated heterocycles. The van der Waals surface area contributed by atoms with Crippen molar-refractivity contribution in [3.8, 4) is 5.82 Å². The van der Waals surface area contributed by atoms with Crippen molar-refractivity contribution in [3.05, 3.63) is 64.6 Å². The fourth-order valence-electron chi connectivity index (χ4n) is 4.59.